The number of carbonyl (C=O) groups is 2. The summed E-state index contributed by atoms with van der Waals surface area (Å²) in [4.78, 5) is 29.0. The Morgan fingerprint density at radius 1 is 1.09 bits per heavy atom. The van der Waals surface area contributed by atoms with E-state index >= 15 is 0 Å². The van der Waals surface area contributed by atoms with E-state index in [0.29, 0.717) is 25.1 Å². The van der Waals surface area contributed by atoms with Gasteiger partial charge >= 0.3 is 0 Å². The largest absolute Gasteiger partial charge is 0.352 e. The van der Waals surface area contributed by atoms with Crippen LogP contribution in [0.1, 0.15) is 34.8 Å². The highest BCUT2D eigenvalue weighted by atomic mass is 32.1. The third kappa shape index (κ3) is 5.39. The summed E-state index contributed by atoms with van der Waals surface area (Å²) in [6, 6.07) is 15.3. The minimum atomic E-state index is -0.346. The topological polar surface area (TPSA) is 76.0 Å². The molecule has 6 nitrogen and oxygen atoms in total. The molecule has 0 aliphatic rings. The lowest BCUT2D eigenvalue weighted by Gasteiger charge is -2.20. The van der Waals surface area contributed by atoms with Crippen LogP contribution in [0.3, 0.4) is 0 Å². The van der Waals surface area contributed by atoms with Gasteiger partial charge in [-0.3, -0.25) is 9.59 Å². The number of halogens is 1. The Morgan fingerprint density at radius 3 is 2.69 bits per heavy atom. The molecule has 2 aromatic carbocycles. The van der Waals surface area contributed by atoms with Crippen molar-refractivity contribution in [3.05, 3.63) is 88.6 Å². The van der Waals surface area contributed by atoms with Gasteiger partial charge in [0.25, 0.3) is 5.91 Å². The minimum Gasteiger partial charge on any atom is -0.352 e. The first-order chi connectivity index (χ1) is 15.6. The second-order valence-corrected chi connectivity index (χ2v) is 8.21. The maximum atomic E-state index is 13.4. The molecule has 0 radical (unpaired) electrons. The number of nitrogens with zero attached hydrogens (tertiary/aromatic N) is 2. The number of fused-ring (bicyclic) bond motifs is 1. The van der Waals surface area contributed by atoms with Crippen LogP contribution >= 0.6 is 11.3 Å². The summed E-state index contributed by atoms with van der Waals surface area (Å²) in [5, 5.41) is 9.51. The Kier molecular flexibility index (Phi) is 6.91. The Labute approximate surface area is 189 Å². The number of hydrogen-bond acceptors (Lipinski definition) is 4. The lowest BCUT2D eigenvalue weighted by Crippen LogP contribution is -2.32. The van der Waals surface area contributed by atoms with Crippen molar-refractivity contribution in [3.63, 3.8) is 0 Å². The fourth-order valence-corrected chi connectivity index (χ4v) is 4.13. The van der Waals surface area contributed by atoms with Crippen LogP contribution in [0.5, 0.6) is 0 Å². The van der Waals surface area contributed by atoms with Gasteiger partial charge < -0.3 is 15.2 Å². The van der Waals surface area contributed by atoms with Gasteiger partial charge in [0.2, 0.25) is 5.91 Å². The molecule has 2 amide bonds. The average Bonchev–Trinajstić information content (AvgIpc) is 3.47. The van der Waals surface area contributed by atoms with Crippen LogP contribution in [0.15, 0.2) is 71.7 Å². The standard InChI is InChI=1S/C24H23FN4O2S/c25-19-9-7-17(8-10-19)21(14-29-16-27-20-4-1-2-5-22(20)29)28-23(30)6-3-12-26-24(31)18-11-13-32-15-18/h1-2,4-5,7-11,13,15-16,21H,3,6,12,14H2,(H,26,31)(H,28,30)/t21-/m0/s1. The molecule has 0 saturated heterocycles. The Morgan fingerprint density at radius 2 is 1.91 bits per heavy atom. The Hall–Kier alpha value is -3.52. The minimum absolute atomic E-state index is 0.131. The number of hydrogen-bond donors (Lipinski definition) is 2. The number of nitrogens with one attached hydrogen (secondary N) is 2. The predicted molar refractivity (Wildman–Crippen MR) is 123 cm³/mol. The van der Waals surface area contributed by atoms with E-state index in [4.69, 9.17) is 0 Å². The normalized spacial score (nSPS) is 11.9. The Bertz CT molecular complexity index is 1190. The molecule has 164 valence electrons. The molecule has 4 aromatic rings. The summed E-state index contributed by atoms with van der Waals surface area (Å²) >= 11 is 1.46. The van der Waals surface area contributed by atoms with Crippen LogP contribution in [0.2, 0.25) is 0 Å². The molecule has 0 spiro atoms. The molecule has 0 saturated carbocycles. The highest BCUT2D eigenvalue weighted by Gasteiger charge is 2.17. The van der Waals surface area contributed by atoms with E-state index in [9.17, 15) is 14.0 Å². The molecule has 32 heavy (non-hydrogen) atoms. The summed E-state index contributed by atoms with van der Waals surface area (Å²) in [6.07, 6.45) is 2.53. The van der Waals surface area contributed by atoms with Crippen molar-refractivity contribution in [3.8, 4) is 0 Å². The number of benzene rings is 2. The van der Waals surface area contributed by atoms with Gasteiger partial charge in [0.15, 0.2) is 0 Å². The van der Waals surface area contributed by atoms with Crippen molar-refractivity contribution in [2.45, 2.75) is 25.4 Å². The van der Waals surface area contributed by atoms with Crippen LogP contribution in [-0.4, -0.2) is 27.9 Å². The van der Waals surface area contributed by atoms with E-state index in [2.05, 4.69) is 15.6 Å². The van der Waals surface area contributed by atoms with Gasteiger partial charge in [0, 0.05) is 30.5 Å². The van der Waals surface area contributed by atoms with Crippen LogP contribution in [0, 0.1) is 5.82 Å². The molecule has 0 unspecified atom stereocenters. The average molecular weight is 451 g/mol. The number of aromatic nitrogens is 2. The molecule has 2 aromatic heterocycles. The monoisotopic (exact) mass is 450 g/mol. The van der Waals surface area contributed by atoms with Crippen molar-refractivity contribution in [2.24, 2.45) is 0 Å². The van der Waals surface area contributed by atoms with Crippen molar-refractivity contribution >= 4 is 34.2 Å². The molecule has 2 heterocycles. The summed E-state index contributed by atoms with van der Waals surface area (Å²) < 4.78 is 15.4. The lowest BCUT2D eigenvalue weighted by molar-refractivity contribution is -0.122. The molecule has 0 aliphatic heterocycles. The predicted octanol–water partition coefficient (Wildman–Crippen LogP) is 4.30. The van der Waals surface area contributed by atoms with Crippen molar-refractivity contribution in [1.82, 2.24) is 20.2 Å². The van der Waals surface area contributed by atoms with E-state index in [1.54, 1.807) is 29.9 Å². The van der Waals surface area contributed by atoms with Crippen molar-refractivity contribution < 1.29 is 14.0 Å². The van der Waals surface area contributed by atoms with Gasteiger partial charge in [-0.25, -0.2) is 9.37 Å². The maximum Gasteiger partial charge on any atom is 0.252 e. The number of thiophene rings is 1. The van der Waals surface area contributed by atoms with Crippen molar-refractivity contribution in [2.75, 3.05) is 6.54 Å². The van der Waals surface area contributed by atoms with E-state index in [1.807, 2.05) is 34.2 Å². The summed E-state index contributed by atoms with van der Waals surface area (Å²) in [7, 11) is 0. The zero-order chi connectivity index (χ0) is 22.3. The van der Waals surface area contributed by atoms with Crippen LogP contribution in [0.25, 0.3) is 11.0 Å². The summed E-state index contributed by atoms with van der Waals surface area (Å²) in [5.74, 6) is -0.593. The SMILES string of the molecule is O=C(CCCNC(=O)c1ccsc1)N[C@@H](Cn1cnc2ccccc21)c1ccc(F)cc1. The first-order valence-corrected chi connectivity index (χ1v) is 11.3. The van der Waals surface area contributed by atoms with Gasteiger partial charge in [-0.1, -0.05) is 24.3 Å². The number of rotatable bonds is 9. The van der Waals surface area contributed by atoms with E-state index in [1.165, 1.54) is 23.5 Å². The van der Waals surface area contributed by atoms with Crippen molar-refractivity contribution in [1.29, 1.82) is 0 Å². The molecule has 1 atom stereocenters. The van der Waals surface area contributed by atoms with E-state index in [-0.39, 0.29) is 30.1 Å². The number of imidazole rings is 1. The zero-order valence-corrected chi connectivity index (χ0v) is 18.1. The molecule has 8 heteroatoms. The van der Waals surface area contributed by atoms with Gasteiger partial charge in [-0.2, -0.15) is 11.3 Å². The Balaban J connectivity index is 1.38. The maximum absolute atomic E-state index is 13.4. The van der Waals surface area contributed by atoms with Gasteiger partial charge in [-0.05, 0) is 47.7 Å². The van der Waals surface area contributed by atoms with Crippen LogP contribution in [-0.2, 0) is 11.3 Å². The smallest absolute Gasteiger partial charge is 0.252 e. The summed E-state index contributed by atoms with van der Waals surface area (Å²) in [6.45, 7) is 0.877. The highest BCUT2D eigenvalue weighted by molar-refractivity contribution is 7.08. The molecule has 2 N–H and O–H groups in total. The van der Waals surface area contributed by atoms with E-state index < -0.39 is 0 Å². The third-order valence-corrected chi connectivity index (χ3v) is 5.85. The highest BCUT2D eigenvalue weighted by Crippen LogP contribution is 2.20. The molecule has 0 aliphatic carbocycles. The lowest BCUT2D eigenvalue weighted by atomic mass is 10.1. The number of para-hydroxylation sites is 2. The quantitative estimate of drug-likeness (QED) is 0.373. The first kappa shape index (κ1) is 21.7. The van der Waals surface area contributed by atoms with Gasteiger partial charge in [-0.15, -0.1) is 0 Å². The fraction of sp³-hybridized carbons (Fsp3) is 0.208. The number of amides is 2. The molecule has 4 rings (SSSR count). The summed E-state index contributed by atoms with van der Waals surface area (Å²) in [5.41, 5.74) is 3.27. The molecule has 0 bridgehead atoms. The van der Waals surface area contributed by atoms with Gasteiger partial charge in [0.1, 0.15) is 5.82 Å². The molecule has 0 fully saturated rings. The molecular weight excluding hydrogens is 427 g/mol. The molecular formula is C24H23FN4O2S. The number of carbonyl (C=O) groups excluding carboxylic acids is 2. The fourth-order valence-electron chi connectivity index (χ4n) is 3.50. The van der Waals surface area contributed by atoms with Crippen LogP contribution in [0.4, 0.5) is 4.39 Å². The second kappa shape index (κ2) is 10.2. The second-order valence-electron chi connectivity index (χ2n) is 7.43. The van der Waals surface area contributed by atoms with Gasteiger partial charge in [0.05, 0.1) is 23.4 Å². The van der Waals surface area contributed by atoms with E-state index in [0.717, 1.165) is 16.6 Å². The third-order valence-electron chi connectivity index (χ3n) is 5.16. The van der Waals surface area contributed by atoms with Crippen LogP contribution < -0.4 is 10.6 Å². The zero-order valence-electron chi connectivity index (χ0n) is 17.3. The first-order valence-electron chi connectivity index (χ1n) is 10.4.